The number of hydrogen-bond donors (Lipinski definition) is 2. The first kappa shape index (κ1) is 9.26. The lowest BCUT2D eigenvalue weighted by Gasteiger charge is -2.34. The summed E-state index contributed by atoms with van der Waals surface area (Å²) in [5, 5.41) is 5.76. The van der Waals surface area contributed by atoms with Gasteiger partial charge in [0, 0.05) is 19.6 Å². The maximum atomic E-state index is 11.4. The zero-order valence-electron chi connectivity index (χ0n) is 7.95. The molecule has 6 heteroatoms. The Kier molecular flexibility index (Phi) is 2.28. The van der Waals surface area contributed by atoms with Gasteiger partial charge in [-0.25, -0.2) is 4.79 Å². The van der Waals surface area contributed by atoms with Crippen LogP contribution in [0.5, 0.6) is 0 Å². The molecule has 0 saturated carbocycles. The van der Waals surface area contributed by atoms with Crippen LogP contribution >= 0.6 is 0 Å². The molecule has 2 atom stereocenters. The van der Waals surface area contributed by atoms with E-state index in [4.69, 9.17) is 0 Å². The summed E-state index contributed by atoms with van der Waals surface area (Å²) in [5.74, 6) is -0.309. The van der Waals surface area contributed by atoms with Gasteiger partial charge in [0.05, 0.1) is 13.2 Å². The van der Waals surface area contributed by atoms with Gasteiger partial charge in [-0.2, -0.15) is 0 Å². The van der Waals surface area contributed by atoms with Crippen LogP contribution in [0, 0.1) is 0 Å². The Labute approximate surface area is 81.6 Å². The first-order valence-corrected chi connectivity index (χ1v) is 4.59. The van der Waals surface area contributed by atoms with Gasteiger partial charge in [-0.05, 0) is 0 Å². The van der Waals surface area contributed by atoms with Crippen molar-refractivity contribution in [2.45, 2.75) is 12.1 Å². The van der Waals surface area contributed by atoms with E-state index >= 15 is 0 Å². The lowest BCUT2D eigenvalue weighted by atomic mass is 10.1. The Balaban J connectivity index is 2.12. The van der Waals surface area contributed by atoms with E-state index in [1.165, 1.54) is 7.11 Å². The number of methoxy groups -OCH3 is 1. The van der Waals surface area contributed by atoms with Gasteiger partial charge in [0.2, 0.25) is 0 Å². The van der Waals surface area contributed by atoms with E-state index in [0.717, 1.165) is 0 Å². The molecule has 2 N–H and O–H groups in total. The van der Waals surface area contributed by atoms with Crippen LogP contribution in [-0.2, 0) is 9.53 Å². The standard InChI is InChI=1S/C8H13N3O3/c1-14-7(12)6-5-4-10-8(13)11(5)3-2-9-6/h5-6,9H,2-4H2,1H3,(H,10,13). The van der Waals surface area contributed by atoms with E-state index in [9.17, 15) is 9.59 Å². The number of carbonyl (C=O) groups excluding carboxylic acids is 2. The Morgan fingerprint density at radius 1 is 1.64 bits per heavy atom. The number of esters is 1. The van der Waals surface area contributed by atoms with Crippen LogP contribution < -0.4 is 10.6 Å². The van der Waals surface area contributed by atoms with Crippen molar-refractivity contribution in [3.63, 3.8) is 0 Å². The number of nitrogens with one attached hydrogen (secondary N) is 2. The van der Waals surface area contributed by atoms with Crippen molar-refractivity contribution in [1.82, 2.24) is 15.5 Å². The summed E-state index contributed by atoms with van der Waals surface area (Å²) < 4.78 is 4.67. The molecule has 6 nitrogen and oxygen atoms in total. The summed E-state index contributed by atoms with van der Waals surface area (Å²) in [5.41, 5.74) is 0. The van der Waals surface area contributed by atoms with Gasteiger partial charge in [0.1, 0.15) is 6.04 Å². The number of piperazine rings is 1. The minimum absolute atomic E-state index is 0.0922. The maximum absolute atomic E-state index is 11.4. The molecule has 0 radical (unpaired) electrons. The maximum Gasteiger partial charge on any atom is 0.325 e. The van der Waals surface area contributed by atoms with Gasteiger partial charge >= 0.3 is 12.0 Å². The molecule has 2 aliphatic rings. The third-order valence-electron chi connectivity index (χ3n) is 2.68. The van der Waals surface area contributed by atoms with Crippen LogP contribution in [0.15, 0.2) is 0 Å². The highest BCUT2D eigenvalue weighted by Crippen LogP contribution is 2.15. The summed E-state index contributed by atoms with van der Waals surface area (Å²) in [6.07, 6.45) is 0. The van der Waals surface area contributed by atoms with Crippen molar-refractivity contribution in [2.24, 2.45) is 0 Å². The second kappa shape index (κ2) is 3.45. The van der Waals surface area contributed by atoms with Crippen molar-refractivity contribution in [2.75, 3.05) is 26.7 Å². The highest BCUT2D eigenvalue weighted by Gasteiger charge is 2.42. The number of amides is 2. The fourth-order valence-electron chi connectivity index (χ4n) is 1.96. The molecule has 2 rings (SSSR count). The molecule has 2 unspecified atom stereocenters. The minimum atomic E-state index is -0.396. The summed E-state index contributed by atoms with van der Waals surface area (Å²) in [6, 6.07) is -0.596. The number of carbonyl (C=O) groups is 2. The zero-order valence-corrected chi connectivity index (χ0v) is 7.95. The first-order valence-electron chi connectivity index (χ1n) is 4.59. The van der Waals surface area contributed by atoms with Crippen molar-refractivity contribution >= 4 is 12.0 Å². The number of hydrogen-bond acceptors (Lipinski definition) is 4. The highest BCUT2D eigenvalue weighted by molar-refractivity contribution is 5.82. The molecular weight excluding hydrogens is 186 g/mol. The predicted molar refractivity (Wildman–Crippen MR) is 47.7 cm³/mol. The summed E-state index contributed by atoms with van der Waals surface area (Å²) in [4.78, 5) is 24.3. The van der Waals surface area contributed by atoms with Crippen LogP contribution in [0.4, 0.5) is 4.79 Å². The minimum Gasteiger partial charge on any atom is -0.468 e. The monoisotopic (exact) mass is 199 g/mol. The van der Waals surface area contributed by atoms with Crippen molar-refractivity contribution in [3.8, 4) is 0 Å². The highest BCUT2D eigenvalue weighted by atomic mass is 16.5. The first-order chi connectivity index (χ1) is 6.74. The fraction of sp³-hybridized carbons (Fsp3) is 0.750. The van der Waals surface area contributed by atoms with Gasteiger partial charge in [-0.15, -0.1) is 0 Å². The molecule has 78 valence electrons. The largest absolute Gasteiger partial charge is 0.468 e. The quantitative estimate of drug-likeness (QED) is 0.505. The van der Waals surface area contributed by atoms with Crippen molar-refractivity contribution in [1.29, 1.82) is 0 Å². The second-order valence-electron chi connectivity index (χ2n) is 3.40. The molecule has 0 spiro atoms. The summed E-state index contributed by atoms with van der Waals surface area (Å²) in [7, 11) is 1.35. The molecule has 2 heterocycles. The molecular formula is C8H13N3O3. The zero-order chi connectivity index (χ0) is 10.1. The Bertz CT molecular complexity index is 269. The average Bonchev–Trinajstić information content (AvgIpc) is 2.59. The van der Waals surface area contributed by atoms with Crippen LogP contribution in [0.3, 0.4) is 0 Å². The van der Waals surface area contributed by atoms with Crippen molar-refractivity contribution in [3.05, 3.63) is 0 Å². The van der Waals surface area contributed by atoms with E-state index in [-0.39, 0.29) is 18.0 Å². The second-order valence-corrected chi connectivity index (χ2v) is 3.40. The number of urea groups is 1. The van der Waals surface area contributed by atoms with Crippen molar-refractivity contribution < 1.29 is 14.3 Å². The Morgan fingerprint density at radius 2 is 2.43 bits per heavy atom. The van der Waals surface area contributed by atoms with Gasteiger partial charge in [-0.1, -0.05) is 0 Å². The molecule has 0 aromatic heterocycles. The van der Waals surface area contributed by atoms with Gasteiger partial charge in [0.25, 0.3) is 0 Å². The number of fused-ring (bicyclic) bond motifs is 1. The lowest BCUT2D eigenvalue weighted by molar-refractivity contribution is -0.145. The van der Waals surface area contributed by atoms with Crippen LogP contribution in [0.2, 0.25) is 0 Å². The number of rotatable bonds is 1. The van der Waals surface area contributed by atoms with Gasteiger partial charge < -0.3 is 20.3 Å². The van der Waals surface area contributed by atoms with E-state index in [0.29, 0.717) is 19.6 Å². The molecule has 2 saturated heterocycles. The average molecular weight is 199 g/mol. The van der Waals surface area contributed by atoms with E-state index in [1.807, 2.05) is 0 Å². The normalized spacial score (nSPS) is 30.9. The number of ether oxygens (including phenoxy) is 1. The molecule has 0 aliphatic carbocycles. The summed E-state index contributed by atoms with van der Waals surface area (Å²) in [6.45, 7) is 1.78. The molecule has 0 bridgehead atoms. The number of nitrogens with zero attached hydrogens (tertiary/aromatic N) is 1. The van der Waals surface area contributed by atoms with Crippen LogP contribution in [-0.4, -0.2) is 55.7 Å². The third-order valence-corrected chi connectivity index (χ3v) is 2.68. The predicted octanol–water partition coefficient (Wildman–Crippen LogP) is -1.47. The molecule has 0 aromatic carbocycles. The van der Waals surface area contributed by atoms with Crippen LogP contribution in [0.1, 0.15) is 0 Å². The van der Waals surface area contributed by atoms with Gasteiger partial charge in [-0.3, -0.25) is 4.79 Å². The molecule has 2 amide bonds. The van der Waals surface area contributed by atoms with E-state index in [1.54, 1.807) is 4.90 Å². The van der Waals surface area contributed by atoms with E-state index < -0.39 is 6.04 Å². The topological polar surface area (TPSA) is 70.7 Å². The Morgan fingerprint density at radius 3 is 3.14 bits per heavy atom. The summed E-state index contributed by atoms with van der Waals surface area (Å²) >= 11 is 0. The SMILES string of the molecule is COC(=O)C1NCCN2C(=O)NCC12. The fourth-order valence-corrected chi connectivity index (χ4v) is 1.96. The molecule has 14 heavy (non-hydrogen) atoms. The molecule has 0 aromatic rings. The Hall–Kier alpha value is -1.30. The van der Waals surface area contributed by atoms with Crippen LogP contribution in [0.25, 0.3) is 0 Å². The van der Waals surface area contributed by atoms with Gasteiger partial charge in [0.15, 0.2) is 0 Å². The molecule has 2 aliphatic heterocycles. The molecule has 2 fully saturated rings. The third kappa shape index (κ3) is 1.31. The lowest BCUT2D eigenvalue weighted by Crippen LogP contribution is -2.60. The smallest absolute Gasteiger partial charge is 0.325 e. The van der Waals surface area contributed by atoms with E-state index in [2.05, 4.69) is 15.4 Å².